The van der Waals surface area contributed by atoms with Gasteiger partial charge < -0.3 is 16.2 Å². The van der Waals surface area contributed by atoms with E-state index in [9.17, 15) is 4.79 Å². The topological polar surface area (TPSA) is 75.4 Å². The minimum atomic E-state index is -0.511. The maximum atomic E-state index is 11.1. The van der Waals surface area contributed by atoms with Crippen molar-refractivity contribution < 1.29 is 9.90 Å². The van der Waals surface area contributed by atoms with Gasteiger partial charge in [0.15, 0.2) is 0 Å². The number of carbonyl (C=O) groups is 1. The highest BCUT2D eigenvalue weighted by Crippen LogP contribution is 1.92. The van der Waals surface area contributed by atoms with E-state index in [0.717, 1.165) is 6.42 Å². The third kappa shape index (κ3) is 5.09. The lowest BCUT2D eigenvalue weighted by atomic mass is 10.1. The van der Waals surface area contributed by atoms with Gasteiger partial charge in [0.25, 0.3) is 0 Å². The summed E-state index contributed by atoms with van der Waals surface area (Å²) >= 11 is 0. The van der Waals surface area contributed by atoms with Crippen molar-refractivity contribution in [2.75, 3.05) is 6.54 Å². The molecule has 0 bridgehead atoms. The highest BCUT2D eigenvalue weighted by atomic mass is 16.3. The van der Waals surface area contributed by atoms with Crippen molar-refractivity contribution in [2.24, 2.45) is 5.73 Å². The fraction of sp³-hybridized carbons (Fsp3) is 0.875. The van der Waals surface area contributed by atoms with Crippen LogP contribution in [0, 0.1) is 0 Å². The first-order chi connectivity index (χ1) is 5.57. The summed E-state index contributed by atoms with van der Waals surface area (Å²) in [7, 11) is 0. The summed E-state index contributed by atoms with van der Waals surface area (Å²) in [6, 6.07) is -0.436. The van der Waals surface area contributed by atoms with Gasteiger partial charge in [0, 0.05) is 6.54 Å². The van der Waals surface area contributed by atoms with Crippen LogP contribution in [0.2, 0.25) is 0 Å². The molecule has 0 aliphatic heterocycles. The van der Waals surface area contributed by atoms with Crippen molar-refractivity contribution in [1.29, 1.82) is 0 Å². The zero-order chi connectivity index (χ0) is 9.56. The van der Waals surface area contributed by atoms with Crippen molar-refractivity contribution in [2.45, 2.75) is 38.8 Å². The molecule has 0 rings (SSSR count). The van der Waals surface area contributed by atoms with E-state index in [-0.39, 0.29) is 12.5 Å². The largest absolute Gasteiger partial charge is 0.392 e. The van der Waals surface area contributed by atoms with Gasteiger partial charge in [-0.2, -0.15) is 0 Å². The highest BCUT2D eigenvalue weighted by molar-refractivity contribution is 5.81. The number of nitrogens with two attached hydrogens (primary N) is 1. The lowest BCUT2D eigenvalue weighted by Gasteiger charge is -2.11. The molecule has 4 heteroatoms. The van der Waals surface area contributed by atoms with Gasteiger partial charge in [-0.15, -0.1) is 0 Å². The summed E-state index contributed by atoms with van der Waals surface area (Å²) in [4.78, 5) is 11.1. The highest BCUT2D eigenvalue weighted by Gasteiger charge is 2.11. The van der Waals surface area contributed by atoms with Crippen LogP contribution in [0.25, 0.3) is 0 Å². The van der Waals surface area contributed by atoms with Crippen molar-refractivity contribution in [3.63, 3.8) is 0 Å². The minimum absolute atomic E-state index is 0.183. The zero-order valence-corrected chi connectivity index (χ0v) is 7.71. The van der Waals surface area contributed by atoms with Gasteiger partial charge in [0.1, 0.15) is 0 Å². The molecule has 0 heterocycles. The Labute approximate surface area is 73.1 Å². The molecule has 0 radical (unpaired) electrons. The summed E-state index contributed by atoms with van der Waals surface area (Å²) in [6.45, 7) is 3.86. The second-order valence-electron chi connectivity index (χ2n) is 2.99. The predicted molar refractivity (Wildman–Crippen MR) is 47.6 cm³/mol. The van der Waals surface area contributed by atoms with Gasteiger partial charge in [-0.05, 0) is 13.3 Å². The molecular weight excluding hydrogens is 156 g/mol. The molecule has 4 N–H and O–H groups in total. The average molecular weight is 174 g/mol. The molecule has 12 heavy (non-hydrogen) atoms. The number of hydrogen-bond donors (Lipinski definition) is 3. The molecule has 0 spiro atoms. The van der Waals surface area contributed by atoms with E-state index in [1.807, 2.05) is 6.92 Å². The Morgan fingerprint density at radius 2 is 2.25 bits per heavy atom. The fourth-order valence-corrected chi connectivity index (χ4v) is 0.821. The smallest absolute Gasteiger partial charge is 0.237 e. The van der Waals surface area contributed by atoms with Crippen LogP contribution in [-0.2, 0) is 4.79 Å². The molecule has 72 valence electrons. The third-order valence-corrected chi connectivity index (χ3v) is 1.51. The molecular formula is C8H18N2O2. The zero-order valence-electron chi connectivity index (χ0n) is 7.71. The summed E-state index contributed by atoms with van der Waals surface area (Å²) in [5.41, 5.74) is 5.52. The summed E-state index contributed by atoms with van der Waals surface area (Å²) in [6.07, 6.45) is 1.07. The Bertz CT molecular complexity index is 137. The molecule has 0 saturated carbocycles. The summed E-state index contributed by atoms with van der Waals surface area (Å²) < 4.78 is 0. The maximum absolute atomic E-state index is 11.1. The van der Waals surface area contributed by atoms with Crippen molar-refractivity contribution in [3.05, 3.63) is 0 Å². The van der Waals surface area contributed by atoms with Crippen molar-refractivity contribution in [1.82, 2.24) is 5.32 Å². The van der Waals surface area contributed by atoms with E-state index < -0.39 is 12.1 Å². The van der Waals surface area contributed by atoms with Crippen LogP contribution < -0.4 is 11.1 Å². The Kier molecular flexibility index (Phi) is 5.66. The molecule has 0 unspecified atom stereocenters. The number of hydrogen-bond acceptors (Lipinski definition) is 3. The molecule has 0 aliphatic rings. The second-order valence-corrected chi connectivity index (χ2v) is 2.99. The predicted octanol–water partition coefficient (Wildman–Crippen LogP) is -0.389. The number of aliphatic hydroxyl groups excluding tert-OH is 1. The Balaban J connectivity index is 3.57. The van der Waals surface area contributed by atoms with Gasteiger partial charge in [-0.25, -0.2) is 0 Å². The Morgan fingerprint density at radius 1 is 1.67 bits per heavy atom. The first-order valence-corrected chi connectivity index (χ1v) is 4.29. The van der Waals surface area contributed by atoms with Crippen molar-refractivity contribution >= 4 is 5.91 Å². The van der Waals surface area contributed by atoms with E-state index in [0.29, 0.717) is 6.42 Å². The number of rotatable bonds is 5. The average Bonchev–Trinajstić information content (AvgIpc) is 2.00. The number of aliphatic hydroxyl groups is 1. The van der Waals surface area contributed by atoms with Gasteiger partial charge in [0.05, 0.1) is 12.1 Å². The minimum Gasteiger partial charge on any atom is -0.392 e. The van der Waals surface area contributed by atoms with Crippen molar-refractivity contribution in [3.8, 4) is 0 Å². The normalized spacial score (nSPS) is 15.3. The maximum Gasteiger partial charge on any atom is 0.237 e. The van der Waals surface area contributed by atoms with Crippen LogP contribution in [-0.4, -0.2) is 29.7 Å². The van der Waals surface area contributed by atoms with Crippen LogP contribution in [0.5, 0.6) is 0 Å². The van der Waals surface area contributed by atoms with E-state index in [4.69, 9.17) is 10.8 Å². The van der Waals surface area contributed by atoms with Gasteiger partial charge in [-0.1, -0.05) is 13.3 Å². The van der Waals surface area contributed by atoms with Gasteiger partial charge in [0.2, 0.25) is 5.91 Å². The van der Waals surface area contributed by atoms with Crippen LogP contribution in [0.1, 0.15) is 26.7 Å². The van der Waals surface area contributed by atoms with Crippen LogP contribution in [0.3, 0.4) is 0 Å². The van der Waals surface area contributed by atoms with Crippen LogP contribution >= 0.6 is 0 Å². The monoisotopic (exact) mass is 174 g/mol. The SMILES string of the molecule is CCC[C@H](N)C(=O)NC[C@H](C)O. The summed E-state index contributed by atoms with van der Waals surface area (Å²) in [5, 5.41) is 11.4. The molecule has 0 saturated heterocycles. The molecule has 0 aliphatic carbocycles. The molecule has 2 atom stereocenters. The lowest BCUT2D eigenvalue weighted by Crippen LogP contribution is -2.42. The number of nitrogens with one attached hydrogen (secondary N) is 1. The number of amides is 1. The molecule has 4 nitrogen and oxygen atoms in total. The molecule has 0 fully saturated rings. The molecule has 0 aromatic rings. The van der Waals surface area contributed by atoms with Gasteiger partial charge in [-0.3, -0.25) is 4.79 Å². The van der Waals surface area contributed by atoms with Gasteiger partial charge >= 0.3 is 0 Å². The first kappa shape index (κ1) is 11.4. The first-order valence-electron chi connectivity index (χ1n) is 4.29. The fourth-order valence-electron chi connectivity index (χ4n) is 0.821. The Hall–Kier alpha value is -0.610. The van der Waals surface area contributed by atoms with Crippen LogP contribution in [0.15, 0.2) is 0 Å². The molecule has 0 aromatic carbocycles. The van der Waals surface area contributed by atoms with Crippen LogP contribution in [0.4, 0.5) is 0 Å². The van der Waals surface area contributed by atoms with E-state index in [1.165, 1.54) is 0 Å². The molecule has 0 aromatic heterocycles. The standard InChI is InChI=1S/C8H18N2O2/c1-3-4-7(9)8(12)10-5-6(2)11/h6-7,11H,3-5,9H2,1-2H3,(H,10,12)/t6-,7-/m0/s1. The van der Waals surface area contributed by atoms with E-state index in [2.05, 4.69) is 5.32 Å². The molecule has 1 amide bonds. The summed E-state index contributed by atoms with van der Waals surface area (Å²) in [5.74, 6) is -0.183. The quantitative estimate of drug-likeness (QED) is 0.531. The van der Waals surface area contributed by atoms with E-state index >= 15 is 0 Å². The Morgan fingerprint density at radius 3 is 2.67 bits per heavy atom. The third-order valence-electron chi connectivity index (χ3n) is 1.51. The lowest BCUT2D eigenvalue weighted by molar-refractivity contribution is -0.122. The van der Waals surface area contributed by atoms with E-state index in [1.54, 1.807) is 6.92 Å². The second kappa shape index (κ2) is 5.97. The number of carbonyl (C=O) groups excluding carboxylic acids is 1.